The van der Waals surface area contributed by atoms with E-state index in [1.807, 2.05) is 29.7 Å². The van der Waals surface area contributed by atoms with E-state index in [1.165, 1.54) is 5.56 Å². The van der Waals surface area contributed by atoms with E-state index in [0.29, 0.717) is 5.15 Å². The Morgan fingerprint density at radius 3 is 2.75 bits per heavy atom. The number of aromatic nitrogens is 2. The summed E-state index contributed by atoms with van der Waals surface area (Å²) in [5.74, 6) is 0. The molecule has 0 fully saturated rings. The van der Waals surface area contributed by atoms with Crippen molar-refractivity contribution >= 4 is 42.1 Å². The summed E-state index contributed by atoms with van der Waals surface area (Å²) in [4.78, 5) is 4.14. The fourth-order valence-electron chi connectivity index (χ4n) is 1.49. The normalized spacial score (nSPS) is 11.7. The van der Waals surface area contributed by atoms with Gasteiger partial charge >= 0.3 is 0 Å². The number of rotatable bonds is 2. The lowest BCUT2D eigenvalue weighted by molar-refractivity contribution is 0.734. The first-order chi connectivity index (χ1) is 6.66. The second kappa shape index (κ2) is 6.30. The van der Waals surface area contributed by atoms with E-state index in [1.54, 1.807) is 6.20 Å². The molecule has 2 rings (SSSR count). The molecule has 1 unspecified atom stereocenters. The van der Waals surface area contributed by atoms with E-state index >= 15 is 0 Å². The van der Waals surface area contributed by atoms with E-state index in [9.17, 15) is 0 Å². The molecule has 90 valence electrons. The lowest BCUT2D eigenvalue weighted by Gasteiger charge is -2.05. The van der Waals surface area contributed by atoms with Gasteiger partial charge in [0.25, 0.3) is 0 Å². The van der Waals surface area contributed by atoms with Crippen LogP contribution in [0.5, 0.6) is 0 Å². The van der Waals surface area contributed by atoms with Gasteiger partial charge in [-0.3, -0.25) is 4.40 Å². The number of pyridine rings is 1. The third-order valence-electron chi connectivity index (χ3n) is 2.08. The Morgan fingerprint density at radius 2 is 2.12 bits per heavy atom. The summed E-state index contributed by atoms with van der Waals surface area (Å²) in [5, 5.41) is 0.631. The summed E-state index contributed by atoms with van der Waals surface area (Å²) in [6.45, 7) is 1.99. The molecule has 0 bridgehead atoms. The van der Waals surface area contributed by atoms with Crippen molar-refractivity contribution < 1.29 is 0 Å². The number of nitrogens with two attached hydrogens (primary N) is 1. The van der Waals surface area contributed by atoms with Crippen LogP contribution in [0.25, 0.3) is 5.65 Å². The summed E-state index contributed by atoms with van der Waals surface area (Å²) < 4.78 is 1.86. The van der Waals surface area contributed by atoms with Crippen molar-refractivity contribution in [1.82, 2.24) is 9.38 Å². The van der Waals surface area contributed by atoms with Crippen LogP contribution in [0.15, 0.2) is 24.5 Å². The van der Waals surface area contributed by atoms with Crippen molar-refractivity contribution in [3.8, 4) is 0 Å². The molecule has 16 heavy (non-hydrogen) atoms. The zero-order valence-electron chi connectivity index (χ0n) is 8.76. The Balaban J connectivity index is 0.00000112. The molecule has 2 heterocycles. The highest BCUT2D eigenvalue weighted by atomic mass is 35.5. The minimum Gasteiger partial charge on any atom is -0.328 e. The SMILES string of the molecule is CC(N)Cc1ccc2ncc(Cl)n2c1.Cl.Cl. The summed E-state index contributed by atoms with van der Waals surface area (Å²) in [7, 11) is 0. The fourth-order valence-corrected chi connectivity index (χ4v) is 1.67. The number of hydrogen-bond acceptors (Lipinski definition) is 2. The molecule has 0 saturated carbocycles. The molecule has 1 atom stereocenters. The molecule has 2 aromatic heterocycles. The molecule has 0 aliphatic heterocycles. The fraction of sp³-hybridized carbons (Fsp3) is 0.300. The van der Waals surface area contributed by atoms with Crippen molar-refractivity contribution in [3.05, 3.63) is 35.2 Å². The van der Waals surface area contributed by atoms with Gasteiger partial charge in [0, 0.05) is 12.2 Å². The molecule has 0 saturated heterocycles. The summed E-state index contributed by atoms with van der Waals surface area (Å²) in [6, 6.07) is 4.14. The molecule has 0 aromatic carbocycles. The van der Waals surface area contributed by atoms with E-state index in [4.69, 9.17) is 17.3 Å². The number of imidazole rings is 1. The Morgan fingerprint density at radius 1 is 1.44 bits per heavy atom. The van der Waals surface area contributed by atoms with Gasteiger partial charge in [-0.15, -0.1) is 24.8 Å². The van der Waals surface area contributed by atoms with Crippen molar-refractivity contribution in [2.45, 2.75) is 19.4 Å². The van der Waals surface area contributed by atoms with Crippen molar-refractivity contribution in [3.63, 3.8) is 0 Å². The average molecular weight is 283 g/mol. The van der Waals surface area contributed by atoms with Crippen molar-refractivity contribution in [2.75, 3.05) is 0 Å². The lowest BCUT2D eigenvalue weighted by Crippen LogP contribution is -2.17. The second-order valence-corrected chi connectivity index (χ2v) is 3.92. The Labute approximate surface area is 112 Å². The van der Waals surface area contributed by atoms with Gasteiger partial charge in [-0.1, -0.05) is 17.7 Å². The lowest BCUT2D eigenvalue weighted by atomic mass is 10.1. The Kier molecular flexibility index (Phi) is 6.11. The number of hydrogen-bond donors (Lipinski definition) is 1. The molecule has 0 amide bonds. The molecular formula is C10H14Cl3N3. The van der Waals surface area contributed by atoms with Gasteiger partial charge in [0.2, 0.25) is 0 Å². The van der Waals surface area contributed by atoms with Crippen molar-refractivity contribution in [1.29, 1.82) is 0 Å². The number of halogens is 3. The third-order valence-corrected chi connectivity index (χ3v) is 2.36. The highest BCUT2D eigenvalue weighted by Gasteiger charge is 2.02. The van der Waals surface area contributed by atoms with Gasteiger partial charge in [0.15, 0.2) is 0 Å². The molecule has 0 spiro atoms. The highest BCUT2D eigenvalue weighted by Crippen LogP contribution is 2.13. The van der Waals surface area contributed by atoms with Crippen LogP contribution in [0.3, 0.4) is 0 Å². The van der Waals surface area contributed by atoms with Crippen LogP contribution in [0, 0.1) is 0 Å². The maximum absolute atomic E-state index is 5.95. The highest BCUT2D eigenvalue weighted by molar-refractivity contribution is 6.29. The maximum Gasteiger partial charge on any atom is 0.137 e. The van der Waals surface area contributed by atoms with Gasteiger partial charge in [0.05, 0.1) is 6.20 Å². The van der Waals surface area contributed by atoms with Gasteiger partial charge in [0.1, 0.15) is 10.8 Å². The molecule has 0 radical (unpaired) electrons. The molecule has 2 N–H and O–H groups in total. The summed E-state index contributed by atoms with van der Waals surface area (Å²) in [6.07, 6.45) is 4.48. The molecule has 0 aliphatic carbocycles. The molecule has 2 aromatic rings. The summed E-state index contributed by atoms with van der Waals surface area (Å²) >= 11 is 5.95. The first-order valence-corrected chi connectivity index (χ1v) is 4.91. The van der Waals surface area contributed by atoms with E-state index in [2.05, 4.69) is 4.98 Å². The predicted octanol–water partition coefficient (Wildman–Crippen LogP) is 2.72. The van der Waals surface area contributed by atoms with Crippen LogP contribution in [-0.2, 0) is 6.42 Å². The van der Waals surface area contributed by atoms with Gasteiger partial charge in [-0.05, 0) is 25.0 Å². The zero-order valence-corrected chi connectivity index (χ0v) is 11.1. The van der Waals surface area contributed by atoms with Crippen LogP contribution in [0.2, 0.25) is 5.15 Å². The molecular weight excluding hydrogens is 268 g/mol. The van der Waals surface area contributed by atoms with Gasteiger partial charge in [-0.2, -0.15) is 0 Å². The standard InChI is InChI=1S/C10H12ClN3.2ClH/c1-7(12)4-8-2-3-10-13-5-9(11)14(10)6-8;;/h2-3,5-7H,4,12H2,1H3;2*1H. The van der Waals surface area contributed by atoms with Gasteiger partial charge < -0.3 is 5.73 Å². The van der Waals surface area contributed by atoms with Gasteiger partial charge in [-0.25, -0.2) is 4.98 Å². The third kappa shape index (κ3) is 3.25. The topological polar surface area (TPSA) is 43.3 Å². The predicted molar refractivity (Wildman–Crippen MR) is 72.1 cm³/mol. The minimum atomic E-state index is 0. The van der Waals surface area contributed by atoms with E-state index in [0.717, 1.165) is 12.1 Å². The van der Waals surface area contributed by atoms with Crippen LogP contribution in [0.4, 0.5) is 0 Å². The van der Waals surface area contributed by atoms with Crippen LogP contribution in [-0.4, -0.2) is 15.4 Å². The average Bonchev–Trinajstić information content (AvgIpc) is 2.47. The molecule has 3 nitrogen and oxygen atoms in total. The van der Waals surface area contributed by atoms with Crippen molar-refractivity contribution in [2.24, 2.45) is 5.73 Å². The maximum atomic E-state index is 5.95. The Bertz CT molecular complexity index is 454. The van der Waals surface area contributed by atoms with Crippen LogP contribution in [0.1, 0.15) is 12.5 Å². The first-order valence-electron chi connectivity index (χ1n) is 4.54. The largest absolute Gasteiger partial charge is 0.328 e. The quantitative estimate of drug-likeness (QED) is 0.920. The molecule has 6 heteroatoms. The Hall–Kier alpha value is -0.480. The second-order valence-electron chi connectivity index (χ2n) is 3.53. The van der Waals surface area contributed by atoms with E-state index < -0.39 is 0 Å². The van der Waals surface area contributed by atoms with Crippen LogP contribution >= 0.6 is 36.4 Å². The monoisotopic (exact) mass is 281 g/mol. The summed E-state index contributed by atoms with van der Waals surface area (Å²) in [5.41, 5.74) is 7.76. The van der Waals surface area contributed by atoms with E-state index in [-0.39, 0.29) is 30.9 Å². The zero-order chi connectivity index (χ0) is 10.1. The first kappa shape index (κ1) is 15.5. The van der Waals surface area contributed by atoms with Crippen LogP contribution < -0.4 is 5.73 Å². The smallest absolute Gasteiger partial charge is 0.137 e. The number of fused-ring (bicyclic) bond motifs is 1. The minimum absolute atomic E-state index is 0. The molecule has 0 aliphatic rings. The number of nitrogens with zero attached hydrogens (tertiary/aromatic N) is 2.